The molecule has 0 unspecified atom stereocenters. The molecule has 0 aliphatic carbocycles. The van der Waals surface area contributed by atoms with Gasteiger partial charge in [0, 0.05) is 5.54 Å². The topological polar surface area (TPSA) is 12.0 Å². The lowest BCUT2D eigenvalue weighted by Crippen LogP contribution is -2.31. The summed E-state index contributed by atoms with van der Waals surface area (Å²) in [7, 11) is 1.96. The Hall–Kier alpha value is -0.0400. The zero-order valence-corrected chi connectivity index (χ0v) is 5.00. The zero-order chi connectivity index (χ0) is 5.21. The lowest BCUT2D eigenvalue weighted by molar-refractivity contribution is 0.469. The largest absolute Gasteiger partial charge is 0.315 e. The van der Waals surface area contributed by atoms with Gasteiger partial charge in [-0.2, -0.15) is 0 Å². The molecule has 0 saturated heterocycles. The number of hydrogen-bond donors (Lipinski definition) is 1. The van der Waals surface area contributed by atoms with E-state index in [4.69, 9.17) is 0 Å². The Morgan fingerprint density at radius 3 is 1.29 bits per heavy atom. The van der Waals surface area contributed by atoms with Crippen molar-refractivity contribution in [3.05, 3.63) is 0 Å². The predicted molar refractivity (Wildman–Crippen MR) is 35.5 cm³/mol. The summed E-state index contributed by atoms with van der Waals surface area (Å²) in [5.41, 5.74) is 0.292. The molecule has 0 bridgehead atoms. The van der Waals surface area contributed by atoms with Gasteiger partial charge in [0.25, 0.3) is 0 Å². The summed E-state index contributed by atoms with van der Waals surface area (Å²) in [6.07, 6.45) is 0. The molecule has 0 aliphatic rings. The molecule has 0 fully saturated rings. The molecule has 0 amide bonds. The van der Waals surface area contributed by atoms with Gasteiger partial charge in [-0.3, -0.25) is 0 Å². The minimum absolute atomic E-state index is 0. The van der Waals surface area contributed by atoms with E-state index in [0.717, 1.165) is 0 Å². The molecule has 1 nitrogen and oxygen atoms in total. The second kappa shape index (κ2) is 3.03. The first-order valence-corrected chi connectivity index (χ1v) is 2.25. The average Bonchev–Trinajstić information content (AvgIpc) is 1.35. The summed E-state index contributed by atoms with van der Waals surface area (Å²) in [5.74, 6) is 0. The first-order valence-electron chi connectivity index (χ1n) is 2.25. The second-order valence-corrected chi connectivity index (χ2v) is 2.50. The Balaban J connectivity index is 0. The molecule has 1 N–H and O–H groups in total. The second-order valence-electron chi connectivity index (χ2n) is 2.50. The van der Waals surface area contributed by atoms with Gasteiger partial charge >= 0.3 is 0 Å². The van der Waals surface area contributed by atoms with Gasteiger partial charge in [-0.05, 0) is 27.8 Å². The van der Waals surface area contributed by atoms with Crippen molar-refractivity contribution in [2.45, 2.75) is 33.7 Å². The molecule has 0 saturated carbocycles. The van der Waals surface area contributed by atoms with Crippen LogP contribution in [0.3, 0.4) is 0 Å². The van der Waals surface area contributed by atoms with Gasteiger partial charge in [0.2, 0.25) is 0 Å². The van der Waals surface area contributed by atoms with Crippen LogP contribution in [-0.2, 0) is 0 Å². The van der Waals surface area contributed by atoms with Crippen LogP contribution in [-0.4, -0.2) is 12.6 Å². The van der Waals surface area contributed by atoms with E-state index in [0.29, 0.717) is 5.54 Å². The lowest BCUT2D eigenvalue weighted by atomic mass is 10.1. The Morgan fingerprint density at radius 2 is 1.29 bits per heavy atom. The smallest absolute Gasteiger partial charge is 0.00935 e. The molecule has 0 aromatic heterocycles. The Kier molecular flexibility index (Phi) is 4.35. The van der Waals surface area contributed by atoms with Crippen molar-refractivity contribution >= 4 is 0 Å². The summed E-state index contributed by atoms with van der Waals surface area (Å²) < 4.78 is 0. The van der Waals surface area contributed by atoms with E-state index in [1.807, 2.05) is 7.05 Å². The standard InChI is InChI=1S/C5H13N.CH4/c1-5(2,3)6-4;/h6H,1-4H3;1H4. The SMILES string of the molecule is C.CNC(C)(C)C. The maximum absolute atomic E-state index is 3.10. The van der Waals surface area contributed by atoms with Gasteiger partial charge in [-0.1, -0.05) is 7.43 Å². The maximum Gasteiger partial charge on any atom is 0.00935 e. The van der Waals surface area contributed by atoms with Crippen molar-refractivity contribution in [2.75, 3.05) is 7.05 Å². The third-order valence-electron chi connectivity index (χ3n) is 0.750. The van der Waals surface area contributed by atoms with Crippen molar-refractivity contribution in [1.82, 2.24) is 5.32 Å². The van der Waals surface area contributed by atoms with Gasteiger partial charge in [0.1, 0.15) is 0 Å². The first-order chi connectivity index (χ1) is 2.56. The fourth-order valence-electron chi connectivity index (χ4n) is 0. The van der Waals surface area contributed by atoms with E-state index >= 15 is 0 Å². The van der Waals surface area contributed by atoms with Crippen LogP contribution in [0.15, 0.2) is 0 Å². The highest BCUT2D eigenvalue weighted by molar-refractivity contribution is 4.65. The van der Waals surface area contributed by atoms with E-state index < -0.39 is 0 Å². The van der Waals surface area contributed by atoms with Crippen LogP contribution in [0.2, 0.25) is 0 Å². The molecule has 7 heavy (non-hydrogen) atoms. The molecule has 0 heterocycles. The highest BCUT2D eigenvalue weighted by atomic mass is 14.9. The highest BCUT2D eigenvalue weighted by Crippen LogP contribution is 1.93. The summed E-state index contributed by atoms with van der Waals surface area (Å²) in [6, 6.07) is 0. The van der Waals surface area contributed by atoms with Gasteiger partial charge in [-0.15, -0.1) is 0 Å². The average molecular weight is 103 g/mol. The van der Waals surface area contributed by atoms with Crippen molar-refractivity contribution in [3.63, 3.8) is 0 Å². The molecule has 1 heteroatoms. The Labute approximate surface area is 47.1 Å². The molecular formula is C6H17N. The van der Waals surface area contributed by atoms with Crippen LogP contribution in [0, 0.1) is 0 Å². The van der Waals surface area contributed by atoms with Crippen LogP contribution in [0.5, 0.6) is 0 Å². The molecule has 0 aromatic rings. The number of hydrogen-bond acceptors (Lipinski definition) is 1. The Morgan fingerprint density at radius 1 is 1.14 bits per heavy atom. The summed E-state index contributed by atoms with van der Waals surface area (Å²) in [6.45, 7) is 6.40. The van der Waals surface area contributed by atoms with E-state index in [2.05, 4.69) is 26.1 Å². The zero-order valence-electron chi connectivity index (χ0n) is 5.00. The van der Waals surface area contributed by atoms with Crippen molar-refractivity contribution in [1.29, 1.82) is 0 Å². The van der Waals surface area contributed by atoms with Gasteiger partial charge in [-0.25, -0.2) is 0 Å². The number of nitrogens with one attached hydrogen (secondary N) is 1. The molecule has 0 aromatic carbocycles. The maximum atomic E-state index is 3.10. The monoisotopic (exact) mass is 103 g/mol. The normalized spacial score (nSPS) is 10.3. The van der Waals surface area contributed by atoms with Crippen molar-refractivity contribution < 1.29 is 0 Å². The highest BCUT2D eigenvalue weighted by Gasteiger charge is 2.01. The lowest BCUT2D eigenvalue weighted by Gasteiger charge is -2.15. The van der Waals surface area contributed by atoms with Crippen LogP contribution >= 0.6 is 0 Å². The first kappa shape index (κ1) is 10.0. The van der Waals surface area contributed by atoms with Gasteiger partial charge in [0.15, 0.2) is 0 Å². The fourth-order valence-corrected chi connectivity index (χ4v) is 0. The number of rotatable bonds is 0. The summed E-state index contributed by atoms with van der Waals surface area (Å²) >= 11 is 0. The molecule has 0 aliphatic heterocycles. The van der Waals surface area contributed by atoms with E-state index in [1.165, 1.54) is 0 Å². The quantitative estimate of drug-likeness (QED) is 0.491. The van der Waals surface area contributed by atoms with Crippen LogP contribution < -0.4 is 5.32 Å². The van der Waals surface area contributed by atoms with Crippen molar-refractivity contribution in [2.24, 2.45) is 0 Å². The van der Waals surface area contributed by atoms with E-state index in [9.17, 15) is 0 Å². The van der Waals surface area contributed by atoms with E-state index in [1.54, 1.807) is 0 Å². The molecule has 0 rings (SSSR count). The van der Waals surface area contributed by atoms with Crippen LogP contribution in [0.4, 0.5) is 0 Å². The van der Waals surface area contributed by atoms with Gasteiger partial charge in [0.05, 0.1) is 0 Å². The Bertz CT molecular complexity index is 33.9. The van der Waals surface area contributed by atoms with Gasteiger partial charge < -0.3 is 5.32 Å². The van der Waals surface area contributed by atoms with Crippen LogP contribution in [0.25, 0.3) is 0 Å². The third kappa shape index (κ3) is 10.7. The predicted octanol–water partition coefficient (Wildman–Crippen LogP) is 1.64. The fraction of sp³-hybridized carbons (Fsp3) is 1.00. The van der Waals surface area contributed by atoms with Crippen molar-refractivity contribution in [3.8, 4) is 0 Å². The molecule has 0 atom stereocenters. The molecular weight excluding hydrogens is 86.1 g/mol. The molecule has 0 radical (unpaired) electrons. The molecule has 0 spiro atoms. The third-order valence-corrected chi connectivity index (χ3v) is 0.750. The molecule has 46 valence electrons. The summed E-state index contributed by atoms with van der Waals surface area (Å²) in [4.78, 5) is 0. The van der Waals surface area contributed by atoms with E-state index in [-0.39, 0.29) is 7.43 Å². The van der Waals surface area contributed by atoms with Crippen LogP contribution in [0.1, 0.15) is 28.2 Å². The minimum Gasteiger partial charge on any atom is -0.315 e. The minimum atomic E-state index is 0. The summed E-state index contributed by atoms with van der Waals surface area (Å²) in [5, 5.41) is 3.10.